The molecule has 2 rings (SSSR count). The first-order valence-electron chi connectivity index (χ1n) is 6.26. The highest BCUT2D eigenvalue weighted by molar-refractivity contribution is 5.85. The number of carboxylic acids is 1. The second-order valence-electron chi connectivity index (χ2n) is 4.82. The van der Waals surface area contributed by atoms with Gasteiger partial charge in [0.1, 0.15) is 5.69 Å². The summed E-state index contributed by atoms with van der Waals surface area (Å²) in [5, 5.41) is 8.80. The van der Waals surface area contributed by atoms with Gasteiger partial charge in [-0.1, -0.05) is 0 Å². The highest BCUT2D eigenvalue weighted by Gasteiger charge is 2.19. The van der Waals surface area contributed by atoms with Crippen LogP contribution in [-0.4, -0.2) is 53.2 Å². The van der Waals surface area contributed by atoms with Crippen molar-refractivity contribution in [3.05, 3.63) is 24.0 Å². The number of carbonyl (C=O) groups is 1. The van der Waals surface area contributed by atoms with Gasteiger partial charge in [0.2, 0.25) is 0 Å². The van der Waals surface area contributed by atoms with Crippen LogP contribution in [0.1, 0.15) is 24.3 Å². The predicted molar refractivity (Wildman–Crippen MR) is 70.1 cm³/mol. The molecular formula is C13H19N3O2. The largest absolute Gasteiger partial charge is 0.477 e. The summed E-state index contributed by atoms with van der Waals surface area (Å²) in [7, 11) is 0. The molecule has 0 atom stereocenters. The van der Waals surface area contributed by atoms with Gasteiger partial charge < -0.3 is 10.0 Å². The molecule has 0 unspecified atom stereocenters. The van der Waals surface area contributed by atoms with E-state index in [-0.39, 0.29) is 5.69 Å². The summed E-state index contributed by atoms with van der Waals surface area (Å²) < 4.78 is 0. The number of nitrogens with zero attached hydrogens (tertiary/aromatic N) is 3. The molecule has 18 heavy (non-hydrogen) atoms. The standard InChI is InChI=1S/C13H19N3O2/c1-10(2)15-5-7-16(8-6-15)11-3-4-12(13(17)18)14-9-11/h3-4,9-10H,5-8H2,1-2H3,(H,17,18). The fraction of sp³-hybridized carbons (Fsp3) is 0.538. The van der Waals surface area contributed by atoms with Crippen molar-refractivity contribution in [2.45, 2.75) is 19.9 Å². The monoisotopic (exact) mass is 249 g/mol. The number of rotatable bonds is 3. The van der Waals surface area contributed by atoms with Crippen LogP contribution in [0.5, 0.6) is 0 Å². The van der Waals surface area contributed by atoms with Gasteiger partial charge in [-0.05, 0) is 26.0 Å². The lowest BCUT2D eigenvalue weighted by Gasteiger charge is -2.37. The van der Waals surface area contributed by atoms with E-state index in [1.54, 1.807) is 12.3 Å². The maximum atomic E-state index is 10.7. The van der Waals surface area contributed by atoms with E-state index >= 15 is 0 Å². The summed E-state index contributed by atoms with van der Waals surface area (Å²) in [6, 6.07) is 3.98. The highest BCUT2D eigenvalue weighted by Crippen LogP contribution is 2.16. The third-order valence-electron chi connectivity index (χ3n) is 3.38. The topological polar surface area (TPSA) is 56.7 Å². The van der Waals surface area contributed by atoms with Crippen molar-refractivity contribution in [2.24, 2.45) is 0 Å². The molecule has 5 heteroatoms. The second kappa shape index (κ2) is 5.35. The van der Waals surface area contributed by atoms with Crippen molar-refractivity contribution in [3.8, 4) is 0 Å². The van der Waals surface area contributed by atoms with Gasteiger partial charge in [0.25, 0.3) is 0 Å². The van der Waals surface area contributed by atoms with Gasteiger partial charge in [0.05, 0.1) is 11.9 Å². The zero-order chi connectivity index (χ0) is 13.1. The zero-order valence-corrected chi connectivity index (χ0v) is 10.8. The lowest BCUT2D eigenvalue weighted by atomic mass is 10.2. The van der Waals surface area contributed by atoms with Gasteiger partial charge in [0.15, 0.2) is 0 Å². The van der Waals surface area contributed by atoms with E-state index in [1.165, 1.54) is 0 Å². The molecule has 1 saturated heterocycles. The smallest absolute Gasteiger partial charge is 0.354 e. The van der Waals surface area contributed by atoms with Crippen molar-refractivity contribution >= 4 is 11.7 Å². The normalized spacial score (nSPS) is 17.2. The van der Waals surface area contributed by atoms with E-state index in [4.69, 9.17) is 5.11 Å². The van der Waals surface area contributed by atoms with Crippen LogP contribution in [0.4, 0.5) is 5.69 Å². The van der Waals surface area contributed by atoms with E-state index < -0.39 is 5.97 Å². The maximum absolute atomic E-state index is 10.7. The van der Waals surface area contributed by atoms with Gasteiger partial charge in [-0.25, -0.2) is 9.78 Å². The molecule has 0 aromatic carbocycles. The van der Waals surface area contributed by atoms with E-state index in [9.17, 15) is 4.79 Å². The van der Waals surface area contributed by atoms with Crippen molar-refractivity contribution < 1.29 is 9.90 Å². The van der Waals surface area contributed by atoms with Crippen LogP contribution in [0.15, 0.2) is 18.3 Å². The lowest BCUT2D eigenvalue weighted by molar-refractivity contribution is 0.0690. The van der Waals surface area contributed by atoms with E-state index in [1.807, 2.05) is 6.07 Å². The molecule has 2 heterocycles. The van der Waals surface area contributed by atoms with Crippen LogP contribution < -0.4 is 4.90 Å². The molecule has 0 radical (unpaired) electrons. The molecule has 1 N–H and O–H groups in total. The molecule has 1 aliphatic rings. The molecule has 0 amide bonds. The van der Waals surface area contributed by atoms with E-state index in [0.29, 0.717) is 6.04 Å². The van der Waals surface area contributed by atoms with Crippen LogP contribution in [0.2, 0.25) is 0 Å². The van der Waals surface area contributed by atoms with Gasteiger partial charge in [-0.15, -0.1) is 0 Å². The average Bonchev–Trinajstić information content (AvgIpc) is 2.39. The van der Waals surface area contributed by atoms with Crippen molar-refractivity contribution in [2.75, 3.05) is 31.1 Å². The van der Waals surface area contributed by atoms with Crippen LogP contribution in [0, 0.1) is 0 Å². The molecule has 1 aliphatic heterocycles. The summed E-state index contributed by atoms with van der Waals surface area (Å²) in [4.78, 5) is 19.4. The van der Waals surface area contributed by atoms with Gasteiger partial charge in [0, 0.05) is 32.2 Å². The molecule has 1 fully saturated rings. The minimum absolute atomic E-state index is 0.0968. The molecule has 5 nitrogen and oxygen atoms in total. The number of aromatic carboxylic acids is 1. The minimum atomic E-state index is -0.980. The minimum Gasteiger partial charge on any atom is -0.477 e. The number of piperazine rings is 1. The number of hydrogen-bond donors (Lipinski definition) is 1. The molecule has 98 valence electrons. The summed E-state index contributed by atoms with van der Waals surface area (Å²) in [6.45, 7) is 8.42. The van der Waals surface area contributed by atoms with Crippen molar-refractivity contribution in [1.82, 2.24) is 9.88 Å². The van der Waals surface area contributed by atoms with Gasteiger partial charge >= 0.3 is 5.97 Å². The van der Waals surface area contributed by atoms with Gasteiger partial charge in [-0.2, -0.15) is 0 Å². The third kappa shape index (κ3) is 2.79. The molecular weight excluding hydrogens is 230 g/mol. The molecule has 0 spiro atoms. The Morgan fingerprint density at radius 1 is 1.28 bits per heavy atom. The molecule has 0 bridgehead atoms. The fourth-order valence-electron chi connectivity index (χ4n) is 2.20. The first-order chi connectivity index (χ1) is 8.58. The fourth-order valence-corrected chi connectivity index (χ4v) is 2.20. The Morgan fingerprint density at radius 3 is 2.39 bits per heavy atom. The summed E-state index contributed by atoms with van der Waals surface area (Å²) in [6.07, 6.45) is 1.65. The summed E-state index contributed by atoms with van der Waals surface area (Å²) in [5.41, 5.74) is 1.10. The average molecular weight is 249 g/mol. The summed E-state index contributed by atoms with van der Waals surface area (Å²) in [5.74, 6) is -0.980. The molecule has 0 saturated carbocycles. The Morgan fingerprint density at radius 2 is 1.94 bits per heavy atom. The Kier molecular flexibility index (Phi) is 3.81. The van der Waals surface area contributed by atoms with Crippen molar-refractivity contribution in [3.63, 3.8) is 0 Å². The second-order valence-corrected chi connectivity index (χ2v) is 4.82. The quantitative estimate of drug-likeness (QED) is 0.875. The SMILES string of the molecule is CC(C)N1CCN(c2ccc(C(=O)O)nc2)CC1. The Balaban J connectivity index is 1.99. The highest BCUT2D eigenvalue weighted by atomic mass is 16.4. The van der Waals surface area contributed by atoms with Crippen LogP contribution >= 0.6 is 0 Å². The molecule has 0 aliphatic carbocycles. The molecule has 1 aromatic rings. The Bertz CT molecular complexity index is 409. The predicted octanol–water partition coefficient (Wildman–Crippen LogP) is 1.31. The molecule has 1 aromatic heterocycles. The van der Waals surface area contributed by atoms with Gasteiger partial charge in [-0.3, -0.25) is 4.90 Å². The maximum Gasteiger partial charge on any atom is 0.354 e. The number of aromatic nitrogens is 1. The zero-order valence-electron chi connectivity index (χ0n) is 10.8. The number of anilines is 1. The third-order valence-corrected chi connectivity index (χ3v) is 3.38. The lowest BCUT2D eigenvalue weighted by Crippen LogP contribution is -2.48. The van der Waals surface area contributed by atoms with Crippen molar-refractivity contribution in [1.29, 1.82) is 0 Å². The number of carboxylic acid groups (broad SMARTS) is 1. The number of pyridine rings is 1. The first kappa shape index (κ1) is 12.8. The Labute approximate surface area is 107 Å². The van der Waals surface area contributed by atoms with E-state index in [0.717, 1.165) is 31.9 Å². The van der Waals surface area contributed by atoms with Crippen LogP contribution in [-0.2, 0) is 0 Å². The Hall–Kier alpha value is -1.62. The summed E-state index contributed by atoms with van der Waals surface area (Å²) >= 11 is 0. The van der Waals surface area contributed by atoms with Crippen LogP contribution in [0.25, 0.3) is 0 Å². The van der Waals surface area contributed by atoms with Crippen LogP contribution in [0.3, 0.4) is 0 Å². The first-order valence-corrected chi connectivity index (χ1v) is 6.26. The number of hydrogen-bond acceptors (Lipinski definition) is 4. The van der Waals surface area contributed by atoms with E-state index in [2.05, 4.69) is 28.6 Å².